The molecule has 0 aromatic heterocycles. The van der Waals surface area contributed by atoms with E-state index in [9.17, 15) is 14.4 Å². The van der Waals surface area contributed by atoms with Gasteiger partial charge >= 0.3 is 12.1 Å². The molecule has 0 aliphatic rings. The summed E-state index contributed by atoms with van der Waals surface area (Å²) < 4.78 is 10.5. The number of rotatable bonds is 5. The van der Waals surface area contributed by atoms with Crippen molar-refractivity contribution < 1.29 is 23.9 Å². The molecule has 0 unspecified atom stereocenters. The van der Waals surface area contributed by atoms with Crippen LogP contribution in [-0.2, 0) is 14.3 Å². The topological polar surface area (TPSA) is 84.9 Å². The zero-order valence-corrected chi connectivity index (χ0v) is 17.3. The van der Waals surface area contributed by atoms with Crippen LogP contribution < -0.4 is 10.2 Å². The third-order valence-electron chi connectivity index (χ3n) is 3.87. The monoisotopic (exact) mass is 398 g/mol. The second kappa shape index (κ2) is 9.23. The van der Waals surface area contributed by atoms with Crippen molar-refractivity contribution in [3.05, 3.63) is 60.2 Å². The van der Waals surface area contributed by atoms with Gasteiger partial charge in [-0.25, -0.2) is 9.59 Å². The predicted octanol–water partition coefficient (Wildman–Crippen LogP) is 4.24. The van der Waals surface area contributed by atoms with Gasteiger partial charge in [0.2, 0.25) is 0 Å². The Morgan fingerprint density at radius 1 is 0.966 bits per heavy atom. The number of esters is 1. The Hall–Kier alpha value is -3.35. The van der Waals surface area contributed by atoms with Crippen LogP contribution >= 0.6 is 0 Å². The van der Waals surface area contributed by atoms with E-state index in [1.807, 2.05) is 18.2 Å². The fourth-order valence-electron chi connectivity index (χ4n) is 2.44. The average molecular weight is 398 g/mol. The maximum Gasteiger partial charge on any atom is 0.412 e. The zero-order valence-electron chi connectivity index (χ0n) is 17.3. The van der Waals surface area contributed by atoms with Crippen LogP contribution in [0.15, 0.2) is 54.6 Å². The number of anilines is 2. The van der Waals surface area contributed by atoms with Gasteiger partial charge in [0.1, 0.15) is 5.60 Å². The van der Waals surface area contributed by atoms with Gasteiger partial charge in [-0.1, -0.05) is 18.2 Å². The molecule has 7 heteroatoms. The lowest BCUT2D eigenvalue weighted by molar-refractivity contribution is -0.126. The Labute approximate surface area is 170 Å². The smallest absolute Gasteiger partial charge is 0.412 e. The molecule has 0 saturated heterocycles. The highest BCUT2D eigenvalue weighted by Gasteiger charge is 2.23. The molecule has 0 aliphatic heterocycles. The minimum absolute atomic E-state index is 0.266. The predicted molar refractivity (Wildman–Crippen MR) is 111 cm³/mol. The van der Waals surface area contributed by atoms with E-state index in [2.05, 4.69) is 5.32 Å². The van der Waals surface area contributed by atoms with Gasteiger partial charge in [0.25, 0.3) is 5.91 Å². The van der Waals surface area contributed by atoms with Gasteiger partial charge in [0.05, 0.1) is 5.56 Å². The normalized spacial score (nSPS) is 11.9. The van der Waals surface area contributed by atoms with E-state index in [4.69, 9.17) is 9.47 Å². The molecule has 1 N–H and O–H groups in total. The van der Waals surface area contributed by atoms with Gasteiger partial charge in [0.15, 0.2) is 6.10 Å². The first-order valence-electron chi connectivity index (χ1n) is 9.20. The lowest BCUT2D eigenvalue weighted by atomic mass is 10.2. The second-order valence-electron chi connectivity index (χ2n) is 7.48. The van der Waals surface area contributed by atoms with Crippen LogP contribution in [0.3, 0.4) is 0 Å². The maximum atomic E-state index is 12.5. The first kappa shape index (κ1) is 21.9. The van der Waals surface area contributed by atoms with Crippen molar-refractivity contribution in [3.63, 3.8) is 0 Å². The molecule has 154 valence electrons. The Morgan fingerprint density at radius 2 is 1.55 bits per heavy atom. The van der Waals surface area contributed by atoms with Crippen molar-refractivity contribution in [2.75, 3.05) is 17.3 Å². The number of carbonyl (C=O) groups excluding carboxylic acids is 3. The first-order valence-corrected chi connectivity index (χ1v) is 9.20. The standard InChI is InChI=1S/C22H26N2O5/c1-15(19(25)24(5)18-9-7-6-8-10-18)28-20(26)16-11-13-17(14-12-16)23-21(27)29-22(2,3)4/h6-15H,1-5H3,(H,23,27)/t15-/m0/s1. The molecular weight excluding hydrogens is 372 g/mol. The van der Waals surface area contributed by atoms with Crippen LogP contribution in [0.1, 0.15) is 38.1 Å². The van der Waals surface area contributed by atoms with Crippen molar-refractivity contribution >= 4 is 29.3 Å². The molecule has 0 radical (unpaired) electrons. The van der Waals surface area contributed by atoms with E-state index in [0.717, 1.165) is 0 Å². The van der Waals surface area contributed by atoms with Crippen molar-refractivity contribution in [1.29, 1.82) is 0 Å². The number of hydrogen-bond acceptors (Lipinski definition) is 5. The summed E-state index contributed by atoms with van der Waals surface area (Å²) in [5.74, 6) is -0.969. The number of likely N-dealkylation sites (N-methyl/N-ethyl adjacent to an activating group) is 1. The van der Waals surface area contributed by atoms with Gasteiger partial charge in [-0.3, -0.25) is 10.1 Å². The van der Waals surface area contributed by atoms with Gasteiger partial charge in [0, 0.05) is 18.4 Å². The van der Waals surface area contributed by atoms with Crippen LogP contribution in [0.2, 0.25) is 0 Å². The van der Waals surface area contributed by atoms with E-state index >= 15 is 0 Å². The van der Waals surface area contributed by atoms with Crippen LogP contribution in [0, 0.1) is 0 Å². The Morgan fingerprint density at radius 3 is 2.10 bits per heavy atom. The van der Waals surface area contributed by atoms with E-state index < -0.39 is 23.8 Å². The Kier molecular flexibility index (Phi) is 6.98. The van der Waals surface area contributed by atoms with Gasteiger partial charge < -0.3 is 14.4 Å². The van der Waals surface area contributed by atoms with Crippen molar-refractivity contribution in [2.24, 2.45) is 0 Å². The summed E-state index contributed by atoms with van der Waals surface area (Å²) in [6.07, 6.45) is -1.54. The molecule has 1 atom stereocenters. The molecule has 2 amide bonds. The van der Waals surface area contributed by atoms with Gasteiger partial charge in [-0.2, -0.15) is 0 Å². The van der Waals surface area contributed by atoms with Crippen LogP contribution in [0.25, 0.3) is 0 Å². The Balaban J connectivity index is 1.94. The molecule has 0 aliphatic carbocycles. The number of nitrogens with one attached hydrogen (secondary N) is 1. The van der Waals surface area contributed by atoms with Crippen LogP contribution in [0.4, 0.5) is 16.2 Å². The SMILES string of the molecule is C[C@H](OC(=O)c1ccc(NC(=O)OC(C)(C)C)cc1)C(=O)N(C)c1ccccc1. The maximum absolute atomic E-state index is 12.5. The number of carbonyl (C=O) groups is 3. The van der Waals surface area contributed by atoms with Crippen molar-refractivity contribution in [3.8, 4) is 0 Å². The minimum Gasteiger partial charge on any atom is -0.449 e. The third-order valence-corrected chi connectivity index (χ3v) is 3.87. The fraction of sp³-hybridized carbons (Fsp3) is 0.318. The van der Waals surface area contributed by atoms with Crippen LogP contribution in [-0.4, -0.2) is 36.7 Å². The van der Waals surface area contributed by atoms with Crippen molar-refractivity contribution in [2.45, 2.75) is 39.4 Å². The van der Waals surface area contributed by atoms with E-state index in [1.165, 1.54) is 24.0 Å². The quantitative estimate of drug-likeness (QED) is 0.762. The Bertz CT molecular complexity index is 857. The molecule has 0 saturated carbocycles. The first-order chi connectivity index (χ1) is 13.6. The largest absolute Gasteiger partial charge is 0.449 e. The summed E-state index contributed by atoms with van der Waals surface area (Å²) in [5, 5.41) is 2.58. The molecular formula is C22H26N2O5. The molecule has 0 bridgehead atoms. The van der Waals surface area contributed by atoms with E-state index in [0.29, 0.717) is 11.4 Å². The molecule has 2 aromatic rings. The molecule has 0 spiro atoms. The lowest BCUT2D eigenvalue weighted by Crippen LogP contribution is -2.37. The van der Waals surface area contributed by atoms with E-state index in [1.54, 1.807) is 52.1 Å². The minimum atomic E-state index is -0.952. The number of nitrogens with zero attached hydrogens (tertiary/aromatic N) is 1. The number of benzene rings is 2. The molecule has 0 heterocycles. The summed E-state index contributed by atoms with van der Waals surface area (Å²) >= 11 is 0. The summed E-state index contributed by atoms with van der Waals surface area (Å²) in [4.78, 5) is 38.0. The lowest BCUT2D eigenvalue weighted by Gasteiger charge is -2.21. The molecule has 2 aromatic carbocycles. The van der Waals surface area contributed by atoms with Crippen LogP contribution in [0.5, 0.6) is 0 Å². The summed E-state index contributed by atoms with van der Waals surface area (Å²) in [6, 6.07) is 15.2. The number of amides is 2. The summed E-state index contributed by atoms with van der Waals surface area (Å²) in [6.45, 7) is 6.83. The highest BCUT2D eigenvalue weighted by molar-refractivity contribution is 5.98. The van der Waals surface area contributed by atoms with E-state index in [-0.39, 0.29) is 11.5 Å². The number of hydrogen-bond donors (Lipinski definition) is 1. The fourth-order valence-corrected chi connectivity index (χ4v) is 2.44. The summed E-state index contributed by atoms with van der Waals surface area (Å²) in [7, 11) is 1.62. The average Bonchev–Trinajstić information content (AvgIpc) is 2.66. The molecule has 7 nitrogen and oxygen atoms in total. The van der Waals surface area contributed by atoms with Gasteiger partial charge in [-0.15, -0.1) is 0 Å². The molecule has 29 heavy (non-hydrogen) atoms. The number of para-hydroxylation sites is 1. The second-order valence-corrected chi connectivity index (χ2v) is 7.48. The summed E-state index contributed by atoms with van der Waals surface area (Å²) in [5.41, 5.74) is 0.840. The highest BCUT2D eigenvalue weighted by Crippen LogP contribution is 2.16. The number of ether oxygens (including phenoxy) is 2. The van der Waals surface area contributed by atoms with Gasteiger partial charge in [-0.05, 0) is 64.1 Å². The highest BCUT2D eigenvalue weighted by atomic mass is 16.6. The molecule has 0 fully saturated rings. The third kappa shape index (κ3) is 6.64. The molecule has 2 rings (SSSR count). The zero-order chi connectivity index (χ0) is 21.6. The van der Waals surface area contributed by atoms with Crippen molar-refractivity contribution in [1.82, 2.24) is 0 Å².